The smallest absolute Gasteiger partial charge is 0.119 e. The highest BCUT2D eigenvalue weighted by molar-refractivity contribution is 9.10. The van der Waals surface area contributed by atoms with Gasteiger partial charge in [0.25, 0.3) is 0 Å². The normalized spacial score (nSPS) is 17.4. The molecule has 0 atom stereocenters. The Hall–Kier alpha value is -0.580. The fraction of sp³-hybridized carbons (Fsp3) is 0.647. The Morgan fingerprint density at radius 1 is 1.10 bits per heavy atom. The van der Waals surface area contributed by atoms with Crippen LogP contribution < -0.4 is 4.74 Å². The van der Waals surface area contributed by atoms with E-state index < -0.39 is 0 Å². The van der Waals surface area contributed by atoms with Gasteiger partial charge >= 0.3 is 0 Å². The van der Waals surface area contributed by atoms with E-state index in [1.165, 1.54) is 28.7 Å². The summed E-state index contributed by atoms with van der Waals surface area (Å²) in [6.07, 6.45) is 0. The van der Waals surface area contributed by atoms with Gasteiger partial charge in [0.05, 0.1) is 0 Å². The van der Waals surface area contributed by atoms with Crippen molar-refractivity contribution in [1.82, 2.24) is 9.80 Å². The molecule has 0 unspecified atom stereocenters. The van der Waals surface area contributed by atoms with Gasteiger partial charge in [-0.1, -0.05) is 15.9 Å². The van der Waals surface area contributed by atoms with Gasteiger partial charge in [0, 0.05) is 43.2 Å². The van der Waals surface area contributed by atoms with Crippen LogP contribution in [-0.2, 0) is 0 Å². The molecule has 0 aliphatic carbocycles. The minimum absolute atomic E-state index is 0.664. The number of hydrogen-bond donors (Lipinski definition) is 0. The van der Waals surface area contributed by atoms with Gasteiger partial charge in [-0.3, -0.25) is 9.80 Å². The SMILES string of the molecule is Cc1cc(OCCN2CCN(C(C)C)CC2)cc(C)c1Br. The van der Waals surface area contributed by atoms with Crippen LogP contribution in [0.5, 0.6) is 5.75 Å². The van der Waals surface area contributed by atoms with Crippen molar-refractivity contribution in [3.8, 4) is 5.75 Å². The molecule has 0 aromatic heterocycles. The van der Waals surface area contributed by atoms with Gasteiger partial charge in [0.2, 0.25) is 0 Å². The molecule has 0 N–H and O–H groups in total. The molecule has 0 amide bonds. The van der Waals surface area contributed by atoms with Gasteiger partial charge in [0.1, 0.15) is 12.4 Å². The first kappa shape index (κ1) is 16.8. The first-order chi connectivity index (χ1) is 9.97. The molecule has 1 aliphatic heterocycles. The first-order valence-corrected chi connectivity index (χ1v) is 8.62. The number of ether oxygens (including phenoxy) is 1. The number of nitrogens with zero attached hydrogens (tertiary/aromatic N) is 2. The van der Waals surface area contributed by atoms with Crippen LogP contribution in [0.25, 0.3) is 0 Å². The molecule has 1 aromatic carbocycles. The van der Waals surface area contributed by atoms with E-state index in [9.17, 15) is 0 Å². The maximum absolute atomic E-state index is 5.92. The van der Waals surface area contributed by atoms with Crippen molar-refractivity contribution in [2.45, 2.75) is 33.7 Å². The summed E-state index contributed by atoms with van der Waals surface area (Å²) in [5, 5.41) is 0. The highest BCUT2D eigenvalue weighted by Gasteiger charge is 2.18. The topological polar surface area (TPSA) is 15.7 Å². The molecule has 4 heteroatoms. The van der Waals surface area contributed by atoms with Crippen LogP contribution >= 0.6 is 15.9 Å². The third kappa shape index (κ3) is 4.70. The molecule has 1 aromatic rings. The summed E-state index contributed by atoms with van der Waals surface area (Å²) in [7, 11) is 0. The van der Waals surface area contributed by atoms with Gasteiger partial charge in [-0.25, -0.2) is 0 Å². The first-order valence-electron chi connectivity index (χ1n) is 7.83. The zero-order chi connectivity index (χ0) is 15.4. The van der Waals surface area contributed by atoms with E-state index in [1.807, 2.05) is 0 Å². The van der Waals surface area contributed by atoms with Crippen molar-refractivity contribution in [2.75, 3.05) is 39.3 Å². The predicted molar refractivity (Wildman–Crippen MR) is 92.3 cm³/mol. The Labute approximate surface area is 137 Å². The molecule has 1 fully saturated rings. The molecule has 2 rings (SSSR count). The summed E-state index contributed by atoms with van der Waals surface area (Å²) in [5.74, 6) is 0.981. The molecule has 21 heavy (non-hydrogen) atoms. The third-order valence-corrected chi connectivity index (χ3v) is 5.47. The summed E-state index contributed by atoms with van der Waals surface area (Å²) in [4.78, 5) is 5.04. The van der Waals surface area contributed by atoms with Gasteiger partial charge < -0.3 is 4.74 Å². The van der Waals surface area contributed by atoms with E-state index in [4.69, 9.17) is 4.74 Å². The quantitative estimate of drug-likeness (QED) is 0.804. The second-order valence-corrected chi connectivity index (χ2v) is 6.98. The van der Waals surface area contributed by atoms with E-state index in [2.05, 4.69) is 65.6 Å². The number of rotatable bonds is 5. The lowest BCUT2D eigenvalue weighted by Gasteiger charge is -2.36. The van der Waals surface area contributed by atoms with Gasteiger partial charge in [-0.2, -0.15) is 0 Å². The minimum atomic E-state index is 0.664. The highest BCUT2D eigenvalue weighted by atomic mass is 79.9. The van der Waals surface area contributed by atoms with Crippen LogP contribution in [0, 0.1) is 13.8 Å². The van der Waals surface area contributed by atoms with Gasteiger partial charge in [-0.15, -0.1) is 0 Å². The minimum Gasteiger partial charge on any atom is -0.492 e. The van der Waals surface area contributed by atoms with Gasteiger partial charge in [-0.05, 0) is 51.0 Å². The summed E-state index contributed by atoms with van der Waals surface area (Å²) in [6, 6.07) is 4.87. The van der Waals surface area contributed by atoms with Crippen molar-refractivity contribution in [3.05, 3.63) is 27.7 Å². The zero-order valence-electron chi connectivity index (χ0n) is 13.7. The molecule has 1 saturated heterocycles. The average Bonchev–Trinajstić information content (AvgIpc) is 2.45. The summed E-state index contributed by atoms with van der Waals surface area (Å²) in [6.45, 7) is 15.2. The van der Waals surface area contributed by atoms with Crippen molar-refractivity contribution in [3.63, 3.8) is 0 Å². The summed E-state index contributed by atoms with van der Waals surface area (Å²) >= 11 is 3.59. The molecule has 3 nitrogen and oxygen atoms in total. The molecule has 0 radical (unpaired) electrons. The molecule has 1 heterocycles. The van der Waals surface area contributed by atoms with E-state index in [0.29, 0.717) is 6.04 Å². The van der Waals surface area contributed by atoms with Gasteiger partial charge in [0.15, 0.2) is 0 Å². The van der Waals surface area contributed by atoms with Crippen LogP contribution in [0.1, 0.15) is 25.0 Å². The summed E-state index contributed by atoms with van der Waals surface area (Å²) in [5.41, 5.74) is 2.46. The molecule has 0 spiro atoms. The van der Waals surface area contributed by atoms with E-state index in [1.54, 1.807) is 0 Å². The van der Waals surface area contributed by atoms with Crippen LogP contribution in [0.4, 0.5) is 0 Å². The van der Waals surface area contributed by atoms with Crippen molar-refractivity contribution < 1.29 is 4.74 Å². The molecule has 118 valence electrons. The number of piperazine rings is 1. The number of benzene rings is 1. The van der Waals surface area contributed by atoms with E-state index in [-0.39, 0.29) is 0 Å². The maximum Gasteiger partial charge on any atom is 0.119 e. The fourth-order valence-electron chi connectivity index (χ4n) is 2.79. The lowest BCUT2D eigenvalue weighted by Crippen LogP contribution is -2.49. The number of halogens is 1. The van der Waals surface area contributed by atoms with Crippen molar-refractivity contribution in [1.29, 1.82) is 0 Å². The number of aryl methyl sites for hydroxylation is 2. The Kier molecular flexibility index (Phi) is 6.08. The Bertz CT molecular complexity index is 445. The van der Waals surface area contributed by atoms with Crippen LogP contribution in [0.2, 0.25) is 0 Å². The second-order valence-electron chi connectivity index (χ2n) is 6.19. The Morgan fingerprint density at radius 2 is 1.67 bits per heavy atom. The molecule has 1 aliphatic rings. The summed E-state index contributed by atoms with van der Waals surface area (Å²) < 4.78 is 7.10. The van der Waals surface area contributed by atoms with E-state index in [0.717, 1.165) is 32.0 Å². The van der Waals surface area contributed by atoms with Crippen LogP contribution in [0.15, 0.2) is 16.6 Å². The second kappa shape index (κ2) is 7.61. The Balaban J connectivity index is 1.75. The van der Waals surface area contributed by atoms with Crippen molar-refractivity contribution >= 4 is 15.9 Å². The molecular weight excluding hydrogens is 328 g/mol. The molecule has 0 saturated carbocycles. The third-order valence-electron chi connectivity index (χ3n) is 4.22. The molecule has 0 bridgehead atoms. The van der Waals surface area contributed by atoms with E-state index >= 15 is 0 Å². The van der Waals surface area contributed by atoms with Crippen molar-refractivity contribution in [2.24, 2.45) is 0 Å². The average molecular weight is 355 g/mol. The number of hydrogen-bond acceptors (Lipinski definition) is 3. The zero-order valence-corrected chi connectivity index (χ0v) is 15.2. The lowest BCUT2D eigenvalue weighted by atomic mass is 10.1. The lowest BCUT2D eigenvalue weighted by molar-refractivity contribution is 0.0971. The monoisotopic (exact) mass is 354 g/mol. The van der Waals surface area contributed by atoms with Crippen LogP contribution in [-0.4, -0.2) is 55.2 Å². The largest absolute Gasteiger partial charge is 0.492 e. The molecular formula is C17H27BrN2O. The predicted octanol–water partition coefficient (Wildman–Crippen LogP) is 3.47. The standard InChI is InChI=1S/C17H27BrN2O/c1-13(2)20-7-5-19(6-8-20)9-10-21-16-11-14(3)17(18)15(4)12-16/h11-13H,5-10H2,1-4H3. The highest BCUT2D eigenvalue weighted by Crippen LogP contribution is 2.26. The van der Waals surface area contributed by atoms with Crippen LogP contribution in [0.3, 0.4) is 0 Å². The maximum atomic E-state index is 5.92. The fourth-order valence-corrected chi connectivity index (χ4v) is 3.01. The Morgan fingerprint density at radius 3 is 2.19 bits per heavy atom.